The van der Waals surface area contributed by atoms with E-state index < -0.39 is 0 Å². The van der Waals surface area contributed by atoms with Crippen LogP contribution in [0, 0.1) is 0 Å². The molecule has 1 aliphatic heterocycles. The van der Waals surface area contributed by atoms with E-state index in [1.165, 1.54) is 16.7 Å². The summed E-state index contributed by atoms with van der Waals surface area (Å²) in [7, 11) is 1.77. The Hall–Kier alpha value is -1.94. The van der Waals surface area contributed by atoms with E-state index in [0.29, 0.717) is 13.2 Å². The molecule has 1 fully saturated rings. The standard InChI is InChI=1S/C22H26O3/c1-23-22(13-16-24-17-14-22)12-5-15-25-18-19-8-10-21(11-9-19)20-6-3-2-4-7-20/h2-12H,13-18H2,1H3. The van der Waals surface area contributed by atoms with Gasteiger partial charge >= 0.3 is 0 Å². The molecule has 1 aliphatic rings. The minimum absolute atomic E-state index is 0.182. The van der Waals surface area contributed by atoms with Gasteiger partial charge in [-0.2, -0.15) is 0 Å². The molecule has 2 aromatic rings. The van der Waals surface area contributed by atoms with Gasteiger partial charge in [-0.3, -0.25) is 0 Å². The highest BCUT2D eigenvalue weighted by Crippen LogP contribution is 2.25. The largest absolute Gasteiger partial charge is 0.381 e. The van der Waals surface area contributed by atoms with Gasteiger partial charge in [-0.05, 0) is 16.7 Å². The van der Waals surface area contributed by atoms with Gasteiger partial charge in [-0.25, -0.2) is 0 Å². The third kappa shape index (κ3) is 5.02. The highest BCUT2D eigenvalue weighted by molar-refractivity contribution is 5.63. The molecule has 0 aromatic heterocycles. The van der Waals surface area contributed by atoms with Crippen LogP contribution in [0.15, 0.2) is 66.7 Å². The zero-order valence-corrected chi connectivity index (χ0v) is 14.8. The summed E-state index contributed by atoms with van der Waals surface area (Å²) in [5.74, 6) is 0. The molecule has 132 valence electrons. The first-order valence-electron chi connectivity index (χ1n) is 8.84. The highest BCUT2D eigenvalue weighted by atomic mass is 16.5. The van der Waals surface area contributed by atoms with Gasteiger partial charge in [-0.15, -0.1) is 0 Å². The monoisotopic (exact) mass is 338 g/mol. The van der Waals surface area contributed by atoms with Gasteiger partial charge in [-0.1, -0.05) is 66.7 Å². The molecule has 0 unspecified atom stereocenters. The summed E-state index contributed by atoms with van der Waals surface area (Å²) < 4.78 is 16.9. The average molecular weight is 338 g/mol. The van der Waals surface area contributed by atoms with Crippen LogP contribution in [-0.2, 0) is 20.8 Å². The number of methoxy groups -OCH3 is 1. The first-order chi connectivity index (χ1) is 12.3. The van der Waals surface area contributed by atoms with Crippen LogP contribution < -0.4 is 0 Å². The molecular formula is C22H26O3. The average Bonchev–Trinajstić information content (AvgIpc) is 2.70. The summed E-state index contributed by atoms with van der Waals surface area (Å²) >= 11 is 0. The summed E-state index contributed by atoms with van der Waals surface area (Å²) in [6.45, 7) is 2.72. The van der Waals surface area contributed by atoms with Crippen molar-refractivity contribution in [2.24, 2.45) is 0 Å². The third-order valence-corrected chi connectivity index (χ3v) is 4.71. The fourth-order valence-corrected chi connectivity index (χ4v) is 3.09. The third-order valence-electron chi connectivity index (χ3n) is 4.71. The summed E-state index contributed by atoms with van der Waals surface area (Å²) in [4.78, 5) is 0. The summed E-state index contributed by atoms with van der Waals surface area (Å²) in [5, 5.41) is 0. The summed E-state index contributed by atoms with van der Waals surface area (Å²) in [5.41, 5.74) is 3.46. The van der Waals surface area contributed by atoms with Gasteiger partial charge < -0.3 is 14.2 Å². The second kappa shape index (κ2) is 8.95. The van der Waals surface area contributed by atoms with Crippen LogP contribution in [0.2, 0.25) is 0 Å². The van der Waals surface area contributed by atoms with Crippen molar-refractivity contribution in [3.63, 3.8) is 0 Å². The predicted octanol–water partition coefficient (Wildman–Crippen LogP) is 4.62. The van der Waals surface area contributed by atoms with Crippen LogP contribution in [0.25, 0.3) is 11.1 Å². The van der Waals surface area contributed by atoms with Gasteiger partial charge in [0.2, 0.25) is 0 Å². The van der Waals surface area contributed by atoms with E-state index in [9.17, 15) is 0 Å². The van der Waals surface area contributed by atoms with E-state index in [-0.39, 0.29) is 5.60 Å². The molecule has 2 aromatic carbocycles. The van der Waals surface area contributed by atoms with Crippen LogP contribution in [0.4, 0.5) is 0 Å². The zero-order valence-electron chi connectivity index (χ0n) is 14.8. The van der Waals surface area contributed by atoms with Crippen molar-refractivity contribution >= 4 is 0 Å². The fourth-order valence-electron chi connectivity index (χ4n) is 3.09. The molecule has 25 heavy (non-hydrogen) atoms. The van der Waals surface area contributed by atoms with E-state index in [2.05, 4.69) is 60.7 Å². The van der Waals surface area contributed by atoms with Crippen LogP contribution >= 0.6 is 0 Å². The van der Waals surface area contributed by atoms with E-state index in [0.717, 1.165) is 26.1 Å². The number of hydrogen-bond donors (Lipinski definition) is 0. The molecule has 0 aliphatic carbocycles. The number of ether oxygens (including phenoxy) is 3. The molecular weight excluding hydrogens is 312 g/mol. The molecule has 0 spiro atoms. The molecule has 1 saturated heterocycles. The molecule has 0 radical (unpaired) electrons. The number of hydrogen-bond acceptors (Lipinski definition) is 3. The lowest BCUT2D eigenvalue weighted by atomic mass is 9.93. The smallest absolute Gasteiger partial charge is 0.0903 e. The number of rotatable bonds is 7. The molecule has 3 nitrogen and oxygen atoms in total. The lowest BCUT2D eigenvalue weighted by Gasteiger charge is -2.33. The zero-order chi connectivity index (χ0) is 17.4. The Morgan fingerprint density at radius 1 is 0.960 bits per heavy atom. The van der Waals surface area contributed by atoms with Crippen molar-refractivity contribution < 1.29 is 14.2 Å². The molecule has 0 N–H and O–H groups in total. The van der Waals surface area contributed by atoms with Crippen molar-refractivity contribution in [1.82, 2.24) is 0 Å². The maximum Gasteiger partial charge on any atom is 0.0903 e. The first kappa shape index (κ1) is 17.9. The van der Waals surface area contributed by atoms with E-state index >= 15 is 0 Å². The highest BCUT2D eigenvalue weighted by Gasteiger charge is 2.29. The minimum atomic E-state index is -0.182. The van der Waals surface area contributed by atoms with Crippen LogP contribution in [0.1, 0.15) is 18.4 Å². The first-order valence-corrected chi connectivity index (χ1v) is 8.84. The van der Waals surface area contributed by atoms with Gasteiger partial charge in [0.15, 0.2) is 0 Å². The second-order valence-electron chi connectivity index (χ2n) is 6.36. The van der Waals surface area contributed by atoms with Crippen molar-refractivity contribution in [3.8, 4) is 11.1 Å². The Kier molecular flexibility index (Phi) is 6.40. The number of benzene rings is 2. The molecule has 1 heterocycles. The van der Waals surface area contributed by atoms with Gasteiger partial charge in [0, 0.05) is 33.2 Å². The normalized spacial score (nSPS) is 17.0. The van der Waals surface area contributed by atoms with Crippen LogP contribution in [0.3, 0.4) is 0 Å². The van der Waals surface area contributed by atoms with Crippen molar-refractivity contribution in [1.29, 1.82) is 0 Å². The Labute approximate surface area is 150 Å². The van der Waals surface area contributed by atoms with Crippen LogP contribution in [0.5, 0.6) is 0 Å². The Bertz CT molecular complexity index is 655. The maximum atomic E-state index is 5.77. The van der Waals surface area contributed by atoms with Gasteiger partial charge in [0.25, 0.3) is 0 Å². The SMILES string of the molecule is COC1(C=CCOCc2ccc(-c3ccccc3)cc2)CCOCC1. The quantitative estimate of drug-likeness (QED) is 0.544. The second-order valence-corrected chi connectivity index (χ2v) is 6.36. The topological polar surface area (TPSA) is 27.7 Å². The van der Waals surface area contributed by atoms with Crippen molar-refractivity contribution in [2.75, 3.05) is 26.9 Å². The predicted molar refractivity (Wildman–Crippen MR) is 100 cm³/mol. The lowest BCUT2D eigenvalue weighted by Crippen LogP contribution is -2.36. The molecule has 0 bridgehead atoms. The molecule has 0 amide bonds. The Morgan fingerprint density at radius 2 is 1.64 bits per heavy atom. The summed E-state index contributed by atoms with van der Waals surface area (Å²) in [6, 6.07) is 18.9. The van der Waals surface area contributed by atoms with E-state index in [4.69, 9.17) is 14.2 Å². The van der Waals surface area contributed by atoms with Gasteiger partial charge in [0.1, 0.15) is 0 Å². The van der Waals surface area contributed by atoms with Crippen molar-refractivity contribution in [2.45, 2.75) is 25.0 Å². The lowest BCUT2D eigenvalue weighted by molar-refractivity contribution is -0.0589. The Morgan fingerprint density at radius 3 is 2.32 bits per heavy atom. The fraction of sp³-hybridized carbons (Fsp3) is 0.364. The molecule has 3 rings (SSSR count). The maximum absolute atomic E-state index is 5.77. The van der Waals surface area contributed by atoms with Crippen molar-refractivity contribution in [3.05, 3.63) is 72.3 Å². The molecule has 3 heteroatoms. The van der Waals surface area contributed by atoms with Crippen LogP contribution in [-0.4, -0.2) is 32.5 Å². The molecule has 0 atom stereocenters. The van der Waals surface area contributed by atoms with E-state index in [1.54, 1.807) is 7.11 Å². The minimum Gasteiger partial charge on any atom is -0.381 e. The Balaban J connectivity index is 1.47. The summed E-state index contributed by atoms with van der Waals surface area (Å²) in [6.07, 6.45) is 6.00. The molecule has 0 saturated carbocycles. The van der Waals surface area contributed by atoms with E-state index in [1.807, 2.05) is 6.07 Å². The van der Waals surface area contributed by atoms with Gasteiger partial charge in [0.05, 0.1) is 18.8 Å².